The minimum Gasteiger partial charge on any atom is -0.427 e. The van der Waals surface area contributed by atoms with Gasteiger partial charge in [0, 0.05) is 13.0 Å². The molecular weight excluding hydrogens is 380 g/mol. The number of rotatable bonds is 6. The van der Waals surface area contributed by atoms with E-state index >= 15 is 0 Å². The molecule has 1 aliphatic heterocycles. The molecule has 1 aromatic heterocycles. The van der Waals surface area contributed by atoms with E-state index in [4.69, 9.17) is 4.42 Å². The molecular formula is C21H27ClN2O4. The number of aliphatic hydroxyl groups excluding tert-OH is 1. The third-order valence-corrected chi connectivity index (χ3v) is 4.92. The number of β-amino-alcohol motifs (C(OH)–C–C–N with tert-alkyl or cyclic N) is 1. The number of aryl methyl sites for hydroxylation is 3. The average Bonchev–Trinajstić information content (AvgIpc) is 2.64. The van der Waals surface area contributed by atoms with Crippen LogP contribution in [0.25, 0.3) is 0 Å². The molecule has 1 amide bonds. The van der Waals surface area contributed by atoms with Crippen molar-refractivity contribution >= 4 is 18.3 Å². The number of carbonyl (C=O) groups is 1. The first-order chi connectivity index (χ1) is 13.0. The smallest absolute Gasteiger partial charge is 0.349 e. The summed E-state index contributed by atoms with van der Waals surface area (Å²) in [6.07, 6.45) is 2.36. The summed E-state index contributed by atoms with van der Waals surface area (Å²) < 4.78 is 5.37. The SMILES string of the molecule is Cc1cc(CCCc2ccccc2)oc(=O)c1C(=O)N[C@@H]1CCNC[C@H]1O.Cl. The Hall–Kier alpha value is -2.15. The standard InChI is InChI=1S/C21H26N2O4.ClH/c1-14-12-16(9-5-8-15-6-3-2-4-7-15)27-21(26)19(14)20(25)23-17-10-11-22-13-18(17)24;/h2-4,6-7,12,17-18,22,24H,5,8-11,13H2,1H3,(H,23,25);1H/t17-,18-;/m1./s1. The maximum absolute atomic E-state index is 12.5. The topological polar surface area (TPSA) is 91.6 Å². The zero-order chi connectivity index (χ0) is 19.2. The lowest BCUT2D eigenvalue weighted by molar-refractivity contribution is 0.0761. The van der Waals surface area contributed by atoms with E-state index in [1.807, 2.05) is 18.2 Å². The van der Waals surface area contributed by atoms with Crippen molar-refractivity contribution in [1.82, 2.24) is 10.6 Å². The Labute approximate surface area is 170 Å². The highest BCUT2D eigenvalue weighted by molar-refractivity contribution is 5.95. The number of hydrogen-bond donors (Lipinski definition) is 3. The van der Waals surface area contributed by atoms with Gasteiger partial charge >= 0.3 is 5.63 Å². The maximum Gasteiger partial charge on any atom is 0.349 e. The Morgan fingerprint density at radius 2 is 2.04 bits per heavy atom. The number of carbonyl (C=O) groups excluding carboxylic acids is 1. The second kappa shape index (κ2) is 10.4. The van der Waals surface area contributed by atoms with Gasteiger partial charge in [0.2, 0.25) is 0 Å². The lowest BCUT2D eigenvalue weighted by Gasteiger charge is -2.29. The minimum absolute atomic E-state index is 0. The van der Waals surface area contributed by atoms with E-state index in [-0.39, 0.29) is 24.0 Å². The number of nitrogens with one attached hydrogen (secondary N) is 2. The van der Waals surface area contributed by atoms with Crippen molar-refractivity contribution < 1.29 is 14.3 Å². The minimum atomic E-state index is -0.660. The van der Waals surface area contributed by atoms with Crippen LogP contribution in [0, 0.1) is 6.92 Å². The molecule has 0 unspecified atom stereocenters. The zero-order valence-electron chi connectivity index (χ0n) is 15.9. The first-order valence-electron chi connectivity index (χ1n) is 9.42. The number of hydrogen-bond acceptors (Lipinski definition) is 5. The molecule has 6 nitrogen and oxygen atoms in total. The van der Waals surface area contributed by atoms with Crippen LogP contribution in [0.3, 0.4) is 0 Å². The molecule has 1 aliphatic rings. The van der Waals surface area contributed by atoms with Gasteiger partial charge < -0.3 is 20.2 Å². The highest BCUT2D eigenvalue weighted by Crippen LogP contribution is 2.12. The fraction of sp³-hybridized carbons (Fsp3) is 0.429. The highest BCUT2D eigenvalue weighted by atomic mass is 35.5. The molecule has 1 saturated heterocycles. The molecule has 3 rings (SSSR count). The Morgan fingerprint density at radius 3 is 2.71 bits per heavy atom. The van der Waals surface area contributed by atoms with E-state index in [1.54, 1.807) is 13.0 Å². The fourth-order valence-electron chi connectivity index (χ4n) is 3.43. The van der Waals surface area contributed by atoms with Gasteiger partial charge in [0.05, 0.1) is 12.1 Å². The molecule has 2 atom stereocenters. The first kappa shape index (κ1) is 22.1. The summed E-state index contributed by atoms with van der Waals surface area (Å²) in [6, 6.07) is 11.5. The fourth-order valence-corrected chi connectivity index (χ4v) is 3.43. The number of halogens is 1. The molecule has 0 saturated carbocycles. The summed E-state index contributed by atoms with van der Waals surface area (Å²) in [5.74, 6) is 0.106. The molecule has 7 heteroatoms. The predicted molar refractivity (Wildman–Crippen MR) is 110 cm³/mol. The third-order valence-electron chi connectivity index (χ3n) is 4.92. The zero-order valence-corrected chi connectivity index (χ0v) is 16.8. The van der Waals surface area contributed by atoms with Gasteiger partial charge in [-0.05, 0) is 49.9 Å². The number of piperidine rings is 1. The van der Waals surface area contributed by atoms with E-state index in [0.717, 1.165) is 19.4 Å². The first-order valence-corrected chi connectivity index (χ1v) is 9.42. The number of aliphatic hydroxyl groups is 1. The Balaban J connectivity index is 0.00000280. The van der Waals surface area contributed by atoms with Crippen molar-refractivity contribution in [3.05, 3.63) is 69.3 Å². The van der Waals surface area contributed by atoms with Crippen LogP contribution in [-0.4, -0.2) is 36.2 Å². The van der Waals surface area contributed by atoms with Crippen molar-refractivity contribution in [2.45, 2.75) is 44.8 Å². The van der Waals surface area contributed by atoms with Crippen LogP contribution in [0.5, 0.6) is 0 Å². The van der Waals surface area contributed by atoms with Gasteiger partial charge in [-0.25, -0.2) is 4.79 Å². The number of benzene rings is 1. The highest BCUT2D eigenvalue weighted by Gasteiger charge is 2.26. The van der Waals surface area contributed by atoms with Crippen LogP contribution >= 0.6 is 12.4 Å². The van der Waals surface area contributed by atoms with Crippen LogP contribution < -0.4 is 16.3 Å². The lowest BCUT2D eigenvalue weighted by Crippen LogP contribution is -2.53. The van der Waals surface area contributed by atoms with Gasteiger partial charge in [0.15, 0.2) is 0 Å². The van der Waals surface area contributed by atoms with Gasteiger partial charge in [0.1, 0.15) is 11.3 Å². The van der Waals surface area contributed by atoms with Crippen LogP contribution in [0.4, 0.5) is 0 Å². The second-order valence-electron chi connectivity index (χ2n) is 7.04. The monoisotopic (exact) mass is 406 g/mol. The Morgan fingerprint density at radius 1 is 1.29 bits per heavy atom. The lowest BCUT2D eigenvalue weighted by atomic mass is 10.0. The number of amides is 1. The van der Waals surface area contributed by atoms with Crippen molar-refractivity contribution in [2.24, 2.45) is 0 Å². The average molecular weight is 407 g/mol. The second-order valence-corrected chi connectivity index (χ2v) is 7.04. The van der Waals surface area contributed by atoms with Crippen molar-refractivity contribution in [3.8, 4) is 0 Å². The van der Waals surface area contributed by atoms with E-state index in [0.29, 0.717) is 30.7 Å². The molecule has 152 valence electrons. The predicted octanol–water partition coefficient (Wildman–Crippen LogP) is 2.00. The van der Waals surface area contributed by atoms with E-state index < -0.39 is 17.6 Å². The molecule has 0 bridgehead atoms. The molecule has 0 aliphatic carbocycles. The maximum atomic E-state index is 12.5. The molecule has 1 aromatic carbocycles. The largest absolute Gasteiger partial charge is 0.427 e. The van der Waals surface area contributed by atoms with Gasteiger partial charge in [0.25, 0.3) is 5.91 Å². The summed E-state index contributed by atoms with van der Waals surface area (Å²) in [7, 11) is 0. The van der Waals surface area contributed by atoms with Crippen LogP contribution in [0.2, 0.25) is 0 Å². The normalized spacial score (nSPS) is 18.9. The van der Waals surface area contributed by atoms with E-state index in [2.05, 4.69) is 22.8 Å². The quantitative estimate of drug-likeness (QED) is 0.682. The van der Waals surface area contributed by atoms with Gasteiger partial charge in [-0.1, -0.05) is 30.3 Å². The van der Waals surface area contributed by atoms with Gasteiger partial charge in [-0.2, -0.15) is 0 Å². The molecule has 0 radical (unpaired) electrons. The van der Waals surface area contributed by atoms with Gasteiger partial charge in [-0.3, -0.25) is 4.79 Å². The third kappa shape index (κ3) is 5.67. The molecule has 28 heavy (non-hydrogen) atoms. The van der Waals surface area contributed by atoms with Crippen LogP contribution in [-0.2, 0) is 12.8 Å². The Bertz CT molecular complexity index is 838. The van der Waals surface area contributed by atoms with Crippen molar-refractivity contribution in [1.29, 1.82) is 0 Å². The van der Waals surface area contributed by atoms with Gasteiger partial charge in [-0.15, -0.1) is 12.4 Å². The van der Waals surface area contributed by atoms with Crippen LogP contribution in [0.15, 0.2) is 45.6 Å². The Kier molecular flexibility index (Phi) is 8.23. The van der Waals surface area contributed by atoms with Crippen molar-refractivity contribution in [2.75, 3.05) is 13.1 Å². The summed E-state index contributed by atoms with van der Waals surface area (Å²) in [6.45, 7) is 2.89. The summed E-state index contributed by atoms with van der Waals surface area (Å²) in [5.41, 5.74) is 1.24. The summed E-state index contributed by atoms with van der Waals surface area (Å²) >= 11 is 0. The molecule has 1 fully saturated rings. The van der Waals surface area contributed by atoms with Crippen molar-refractivity contribution in [3.63, 3.8) is 0 Å². The molecule has 2 aromatic rings. The van der Waals surface area contributed by atoms with E-state index in [1.165, 1.54) is 5.56 Å². The molecule has 0 spiro atoms. The summed E-state index contributed by atoms with van der Waals surface area (Å²) in [5, 5.41) is 15.8. The van der Waals surface area contributed by atoms with E-state index in [9.17, 15) is 14.7 Å². The molecule has 2 heterocycles. The van der Waals surface area contributed by atoms with Crippen LogP contribution in [0.1, 0.15) is 40.1 Å². The molecule has 3 N–H and O–H groups in total. The summed E-state index contributed by atoms with van der Waals surface area (Å²) in [4.78, 5) is 24.9.